The van der Waals surface area contributed by atoms with Gasteiger partial charge in [0.05, 0.1) is 12.2 Å². The van der Waals surface area contributed by atoms with Crippen molar-refractivity contribution in [3.05, 3.63) is 29.3 Å². The molecule has 120 valence electrons. The summed E-state index contributed by atoms with van der Waals surface area (Å²) in [6.45, 7) is 3.49. The molecule has 0 heterocycles. The van der Waals surface area contributed by atoms with Gasteiger partial charge in [0.15, 0.2) is 0 Å². The van der Waals surface area contributed by atoms with Gasteiger partial charge in [0.2, 0.25) is 0 Å². The van der Waals surface area contributed by atoms with E-state index in [0.29, 0.717) is 23.5 Å². The van der Waals surface area contributed by atoms with Crippen LogP contribution in [0, 0.1) is 11.3 Å². The van der Waals surface area contributed by atoms with Crippen molar-refractivity contribution in [2.75, 3.05) is 6.61 Å². The predicted octanol–water partition coefficient (Wildman–Crippen LogP) is 1.39. The van der Waals surface area contributed by atoms with Gasteiger partial charge in [-0.2, -0.15) is 5.26 Å². The number of hydrogen-bond acceptors (Lipinski definition) is 6. The molecule has 0 amide bonds. The van der Waals surface area contributed by atoms with Gasteiger partial charge in [-0.3, -0.25) is 13.8 Å². The van der Waals surface area contributed by atoms with Crippen LogP contribution in [0.4, 0.5) is 0 Å². The first-order valence-corrected chi connectivity index (χ1v) is 7.47. The molecule has 1 unspecified atom stereocenters. The monoisotopic (exact) mass is 326 g/mol. The molecule has 0 aliphatic heterocycles. The average Bonchev–Trinajstić information content (AvgIpc) is 2.38. The minimum atomic E-state index is -2.13. The van der Waals surface area contributed by atoms with Gasteiger partial charge in [0.1, 0.15) is 24.0 Å². The molecular weight excluding hydrogens is 310 g/mol. The summed E-state index contributed by atoms with van der Waals surface area (Å²) in [6.07, 6.45) is -0.361. The number of nitrogens with zero attached hydrogens (tertiary/aromatic N) is 1. The minimum absolute atomic E-state index is 0.0637. The van der Waals surface area contributed by atoms with Crippen LogP contribution in [-0.4, -0.2) is 32.2 Å². The molecule has 22 heavy (non-hydrogen) atoms. The van der Waals surface area contributed by atoms with E-state index < -0.39 is 17.0 Å². The van der Waals surface area contributed by atoms with Crippen LogP contribution in [0.3, 0.4) is 0 Å². The summed E-state index contributed by atoms with van der Waals surface area (Å²) in [7, 11) is 0. The number of carbonyl (C=O) groups excluding carboxylic acids is 1. The third kappa shape index (κ3) is 8.84. The molecule has 1 atom stereocenters. The maximum absolute atomic E-state index is 10.5. The van der Waals surface area contributed by atoms with Crippen molar-refractivity contribution >= 4 is 22.8 Å². The first-order chi connectivity index (χ1) is 10.3. The topological polar surface area (TPSA) is 128 Å². The first-order valence-electron chi connectivity index (χ1n) is 6.23. The molecule has 0 aromatic heterocycles. The van der Waals surface area contributed by atoms with Gasteiger partial charge >= 0.3 is 5.97 Å². The van der Waals surface area contributed by atoms with E-state index in [4.69, 9.17) is 15.1 Å². The van der Waals surface area contributed by atoms with Crippen molar-refractivity contribution in [3.8, 4) is 11.8 Å². The van der Waals surface area contributed by atoms with Crippen LogP contribution < -0.4 is 4.74 Å². The van der Waals surface area contributed by atoms with E-state index in [1.807, 2.05) is 6.07 Å². The molecule has 0 saturated carbocycles. The maximum Gasteiger partial charge on any atom is 0.310 e. The summed E-state index contributed by atoms with van der Waals surface area (Å²) in [6, 6.07) is 6.73. The summed E-state index contributed by atoms with van der Waals surface area (Å²) in [4.78, 5) is 19.5. The lowest BCUT2D eigenvalue weighted by Gasteiger charge is -2.09. The number of carbonyl (C=O) groups is 2. The Labute approximate surface area is 130 Å². The molecule has 0 aliphatic carbocycles. The zero-order chi connectivity index (χ0) is 17.1. The van der Waals surface area contributed by atoms with E-state index in [1.54, 1.807) is 25.1 Å². The summed E-state index contributed by atoms with van der Waals surface area (Å²) >= 11 is -2.13. The Morgan fingerprint density at radius 2 is 2.09 bits per heavy atom. The summed E-state index contributed by atoms with van der Waals surface area (Å²) in [5.74, 6) is -1.01. The Bertz CT molecular complexity index is 581. The van der Waals surface area contributed by atoms with Crippen molar-refractivity contribution in [1.82, 2.24) is 0 Å². The molecule has 0 radical (unpaired) electrons. The first kappa shape index (κ1) is 19.8. The lowest BCUT2D eigenvalue weighted by Crippen LogP contribution is -2.00. The highest BCUT2D eigenvalue weighted by atomic mass is 32.2. The zero-order valence-corrected chi connectivity index (χ0v) is 13.0. The van der Waals surface area contributed by atoms with Gasteiger partial charge in [-0.05, 0) is 31.5 Å². The fourth-order valence-corrected chi connectivity index (χ4v) is 1.82. The lowest BCUT2D eigenvalue weighted by atomic mass is 10.1. The molecule has 8 heteroatoms. The second-order valence-electron chi connectivity index (χ2n) is 4.10. The minimum Gasteiger partial charge on any atom is -0.772 e. The number of ether oxygens (including phenoxy) is 1. The molecule has 7 nitrogen and oxygen atoms in total. The zero-order valence-electron chi connectivity index (χ0n) is 12.2. The predicted molar refractivity (Wildman–Crippen MR) is 77.9 cm³/mol. The quantitative estimate of drug-likeness (QED) is 0.618. The van der Waals surface area contributed by atoms with E-state index in [0.717, 1.165) is 0 Å². The van der Waals surface area contributed by atoms with E-state index in [9.17, 15) is 18.4 Å². The third-order valence-electron chi connectivity index (χ3n) is 2.15. The summed E-state index contributed by atoms with van der Waals surface area (Å²) in [5, 5.41) is 16.6. The lowest BCUT2D eigenvalue weighted by molar-refractivity contribution is -0.139. The van der Waals surface area contributed by atoms with Gasteiger partial charge < -0.3 is 14.4 Å². The number of carboxylic acids is 1. The van der Waals surface area contributed by atoms with Crippen LogP contribution >= 0.6 is 0 Å². The van der Waals surface area contributed by atoms with Gasteiger partial charge in [-0.15, -0.1) is 0 Å². The second kappa shape index (κ2) is 10.5. The van der Waals surface area contributed by atoms with Crippen LogP contribution in [0.15, 0.2) is 18.2 Å². The number of nitriles is 1. The van der Waals surface area contributed by atoms with E-state index in [-0.39, 0.29) is 18.0 Å². The molecule has 0 fully saturated rings. The Balaban J connectivity index is 0.000000534. The molecule has 1 N–H and O–H groups in total. The number of ketones is 1. The number of benzene rings is 1. The number of carboxylic acid groups (broad SMARTS) is 1. The largest absolute Gasteiger partial charge is 0.772 e. The fraction of sp³-hybridized carbons (Fsp3) is 0.357. The smallest absolute Gasteiger partial charge is 0.310 e. The van der Waals surface area contributed by atoms with Gasteiger partial charge in [-0.1, -0.05) is 17.1 Å². The molecule has 0 bridgehead atoms. The van der Waals surface area contributed by atoms with E-state index >= 15 is 0 Å². The highest BCUT2D eigenvalue weighted by molar-refractivity contribution is 7.78. The van der Waals surface area contributed by atoms with Crippen molar-refractivity contribution in [3.63, 3.8) is 0 Å². The molecule has 1 aromatic carbocycles. The Hall–Kier alpha value is -2.24. The van der Waals surface area contributed by atoms with Crippen molar-refractivity contribution in [2.24, 2.45) is 0 Å². The maximum atomic E-state index is 10.5. The number of rotatable bonds is 6. The van der Waals surface area contributed by atoms with Crippen LogP contribution in [-0.2, 0) is 26.4 Å². The van der Waals surface area contributed by atoms with Gasteiger partial charge in [0.25, 0.3) is 0 Å². The second-order valence-corrected chi connectivity index (χ2v) is 4.99. The molecule has 0 aliphatic rings. The number of hydrogen-bond donors (Lipinski definition) is 1. The Morgan fingerprint density at radius 3 is 2.45 bits per heavy atom. The third-order valence-corrected chi connectivity index (χ3v) is 2.72. The van der Waals surface area contributed by atoms with Crippen LogP contribution in [0.25, 0.3) is 0 Å². The Morgan fingerprint density at radius 1 is 1.45 bits per heavy atom. The SMILES string of the molecule is CC(=O)CC(=O)O.CCOc1cc(CS(=O)[O-])ccc1C#N. The van der Waals surface area contributed by atoms with Crippen molar-refractivity contribution in [2.45, 2.75) is 26.0 Å². The normalized spacial score (nSPS) is 10.6. The van der Waals surface area contributed by atoms with Gasteiger partial charge in [0, 0.05) is 5.75 Å². The van der Waals surface area contributed by atoms with Crippen molar-refractivity contribution < 1.29 is 28.2 Å². The van der Waals surface area contributed by atoms with Crippen LogP contribution in [0.2, 0.25) is 0 Å². The fourth-order valence-electron chi connectivity index (χ4n) is 1.37. The van der Waals surface area contributed by atoms with Crippen molar-refractivity contribution in [1.29, 1.82) is 5.26 Å². The number of Topliss-reactive ketones (excluding diaryl/α,β-unsaturated/α-hetero) is 1. The summed E-state index contributed by atoms with van der Waals surface area (Å²) in [5.41, 5.74) is 1.03. The molecule has 0 spiro atoms. The van der Waals surface area contributed by atoms with E-state index in [1.165, 1.54) is 6.92 Å². The van der Waals surface area contributed by atoms with Crippen LogP contribution in [0.1, 0.15) is 31.4 Å². The Kier molecular flexibility index (Phi) is 9.41. The highest BCUT2D eigenvalue weighted by Crippen LogP contribution is 2.20. The number of aliphatic carboxylic acids is 1. The average molecular weight is 326 g/mol. The standard InChI is InChI=1S/C10H11NO3S.C4H6O3/c1-2-14-10-5-8(7-15(12)13)3-4-9(10)6-11;1-3(5)2-4(6)7/h3-5H,2,7H2,1H3,(H,12,13);2H2,1H3,(H,6,7)/p-1. The molecule has 0 saturated heterocycles. The molecule has 1 aromatic rings. The van der Waals surface area contributed by atoms with Gasteiger partial charge in [-0.25, -0.2) is 0 Å². The van der Waals surface area contributed by atoms with Crippen LogP contribution in [0.5, 0.6) is 5.75 Å². The highest BCUT2D eigenvalue weighted by Gasteiger charge is 2.04. The summed E-state index contributed by atoms with van der Waals surface area (Å²) < 4.78 is 26.2. The van der Waals surface area contributed by atoms with E-state index in [2.05, 4.69) is 0 Å². The molecular formula is C14H16NO6S-. The molecule has 1 rings (SSSR count).